The first-order valence-corrected chi connectivity index (χ1v) is 11.7. The summed E-state index contributed by atoms with van der Waals surface area (Å²) in [6.45, 7) is 7.30. The third-order valence-corrected chi connectivity index (χ3v) is 5.46. The van der Waals surface area contributed by atoms with Crippen LogP contribution in [-0.4, -0.2) is 23.8 Å². The van der Waals surface area contributed by atoms with Crippen LogP contribution in [0, 0.1) is 22.0 Å². The van der Waals surface area contributed by atoms with Crippen LogP contribution in [0.15, 0.2) is 46.2 Å². The minimum absolute atomic E-state index is 0.0313. The molecule has 0 spiro atoms. The molecule has 3 aromatic rings. The van der Waals surface area contributed by atoms with Gasteiger partial charge in [0.2, 0.25) is 0 Å². The van der Waals surface area contributed by atoms with Gasteiger partial charge in [-0.1, -0.05) is 45.9 Å². The van der Waals surface area contributed by atoms with Gasteiger partial charge in [0.1, 0.15) is 5.69 Å². The van der Waals surface area contributed by atoms with Crippen LogP contribution in [0.2, 0.25) is 0 Å². The molecule has 0 aliphatic heterocycles. The molecule has 0 saturated carbocycles. The highest BCUT2D eigenvalue weighted by atomic mass is 19.4. The zero-order chi connectivity index (χ0) is 27.5. The fraction of sp³-hybridized carbons (Fsp3) is 0.400. The van der Waals surface area contributed by atoms with Crippen molar-refractivity contribution in [2.45, 2.75) is 53.5 Å². The number of rotatable bonds is 9. The first-order valence-electron chi connectivity index (χ1n) is 11.7. The fourth-order valence-corrected chi connectivity index (χ4v) is 3.95. The van der Waals surface area contributed by atoms with E-state index in [1.807, 2.05) is 13.8 Å². The van der Waals surface area contributed by atoms with Crippen LogP contribution in [0.4, 0.5) is 18.9 Å². The summed E-state index contributed by atoms with van der Waals surface area (Å²) in [6.07, 6.45) is 1.07. The fourth-order valence-electron chi connectivity index (χ4n) is 3.95. The molecule has 0 aliphatic rings. The summed E-state index contributed by atoms with van der Waals surface area (Å²) in [5, 5.41) is 16.0. The summed E-state index contributed by atoms with van der Waals surface area (Å²) in [7, 11) is 0. The zero-order valence-corrected chi connectivity index (χ0v) is 20.9. The Bertz CT molecular complexity index is 1430. The van der Waals surface area contributed by atoms with Crippen molar-refractivity contribution >= 4 is 17.8 Å². The van der Waals surface area contributed by atoms with E-state index in [1.54, 1.807) is 13.8 Å². The van der Waals surface area contributed by atoms with E-state index in [0.717, 1.165) is 10.6 Å². The van der Waals surface area contributed by atoms with E-state index in [1.165, 1.54) is 52.0 Å². The number of nitro groups is 1. The summed E-state index contributed by atoms with van der Waals surface area (Å²) in [6, 6.07) is 5.17. The van der Waals surface area contributed by atoms with Gasteiger partial charge in [0.15, 0.2) is 0 Å². The van der Waals surface area contributed by atoms with Gasteiger partial charge < -0.3 is 0 Å². The van der Waals surface area contributed by atoms with E-state index in [0.29, 0.717) is 5.56 Å². The molecule has 3 rings (SSSR count). The number of alkyl halides is 3. The standard InChI is InChI=1S/C25H28F3N5O4/c1-16(2)12-31-21(22(33(36)37)23(34)32(24(31)35)13-17(3)4)10-9-18-11-29-30(14-18)15-19-7-5-6-8-20(19)25(26,27)28/h5-11,14,16-17H,12-13,15H2,1-4H3. The normalized spacial score (nSPS) is 12.2. The third kappa shape index (κ3) is 6.43. The molecule has 12 heteroatoms. The molecule has 37 heavy (non-hydrogen) atoms. The second kappa shape index (κ2) is 11.0. The number of hydrogen-bond acceptors (Lipinski definition) is 5. The van der Waals surface area contributed by atoms with Gasteiger partial charge in [0, 0.05) is 24.8 Å². The maximum atomic E-state index is 13.3. The number of hydrogen-bond donors (Lipinski definition) is 0. The van der Waals surface area contributed by atoms with Crippen LogP contribution in [-0.2, 0) is 25.8 Å². The topological polar surface area (TPSA) is 105 Å². The second-order valence-electron chi connectivity index (χ2n) is 9.55. The monoisotopic (exact) mass is 519 g/mol. The van der Waals surface area contributed by atoms with Gasteiger partial charge in [0.05, 0.1) is 23.2 Å². The van der Waals surface area contributed by atoms with Crippen molar-refractivity contribution in [3.63, 3.8) is 0 Å². The average Bonchev–Trinajstić information content (AvgIpc) is 3.23. The van der Waals surface area contributed by atoms with Gasteiger partial charge in [0.25, 0.3) is 0 Å². The molecule has 0 atom stereocenters. The number of benzene rings is 1. The smallest absolute Gasteiger partial charge is 0.287 e. The molecule has 2 heterocycles. The molecule has 0 amide bonds. The maximum absolute atomic E-state index is 13.3. The van der Waals surface area contributed by atoms with E-state index in [4.69, 9.17) is 0 Å². The summed E-state index contributed by atoms with van der Waals surface area (Å²) in [5.74, 6) is -0.141. The Labute approximate surface area is 210 Å². The molecule has 0 N–H and O–H groups in total. The van der Waals surface area contributed by atoms with E-state index >= 15 is 0 Å². The lowest BCUT2D eigenvalue weighted by Crippen LogP contribution is -2.43. The van der Waals surface area contributed by atoms with Crippen LogP contribution in [0.1, 0.15) is 50.1 Å². The maximum Gasteiger partial charge on any atom is 0.416 e. The van der Waals surface area contributed by atoms with Crippen molar-refractivity contribution in [2.24, 2.45) is 11.8 Å². The largest absolute Gasteiger partial charge is 0.416 e. The Balaban J connectivity index is 2.04. The third-order valence-electron chi connectivity index (χ3n) is 5.46. The first kappa shape index (κ1) is 27.6. The van der Waals surface area contributed by atoms with Crippen LogP contribution in [0.25, 0.3) is 12.2 Å². The average molecular weight is 520 g/mol. The minimum atomic E-state index is -4.51. The van der Waals surface area contributed by atoms with Gasteiger partial charge in [-0.2, -0.15) is 18.3 Å². The lowest BCUT2D eigenvalue weighted by atomic mass is 10.1. The Kier molecular flexibility index (Phi) is 8.19. The summed E-state index contributed by atoms with van der Waals surface area (Å²) >= 11 is 0. The van der Waals surface area contributed by atoms with E-state index in [2.05, 4.69) is 5.10 Å². The number of aromatic nitrogens is 4. The summed E-state index contributed by atoms with van der Waals surface area (Å²) in [4.78, 5) is 37.2. The van der Waals surface area contributed by atoms with E-state index in [-0.39, 0.29) is 42.7 Å². The lowest BCUT2D eigenvalue weighted by Gasteiger charge is -2.16. The zero-order valence-electron chi connectivity index (χ0n) is 20.9. The second-order valence-corrected chi connectivity index (χ2v) is 9.55. The molecule has 0 aliphatic carbocycles. The van der Waals surface area contributed by atoms with Crippen molar-refractivity contribution in [1.82, 2.24) is 18.9 Å². The molecular weight excluding hydrogens is 491 g/mol. The molecular formula is C25H28F3N5O4. The number of nitrogens with zero attached hydrogens (tertiary/aromatic N) is 5. The van der Waals surface area contributed by atoms with Crippen LogP contribution in [0.3, 0.4) is 0 Å². The minimum Gasteiger partial charge on any atom is -0.287 e. The van der Waals surface area contributed by atoms with Crippen molar-refractivity contribution in [3.8, 4) is 0 Å². The van der Waals surface area contributed by atoms with Gasteiger partial charge in [-0.25, -0.2) is 4.79 Å². The van der Waals surface area contributed by atoms with Crippen LogP contribution < -0.4 is 11.2 Å². The van der Waals surface area contributed by atoms with Gasteiger partial charge in [-0.15, -0.1) is 0 Å². The molecule has 198 valence electrons. The molecule has 0 bridgehead atoms. The lowest BCUT2D eigenvalue weighted by molar-refractivity contribution is -0.387. The van der Waals surface area contributed by atoms with Gasteiger partial charge in [-0.3, -0.25) is 28.7 Å². The summed E-state index contributed by atoms with van der Waals surface area (Å²) in [5.41, 5.74) is -2.80. The van der Waals surface area contributed by atoms with Gasteiger partial charge >= 0.3 is 23.1 Å². The van der Waals surface area contributed by atoms with Crippen molar-refractivity contribution in [3.05, 3.63) is 90.0 Å². The van der Waals surface area contributed by atoms with Crippen LogP contribution in [0.5, 0.6) is 0 Å². The van der Waals surface area contributed by atoms with Crippen molar-refractivity contribution < 1.29 is 18.1 Å². The van der Waals surface area contributed by atoms with E-state index in [9.17, 15) is 32.9 Å². The van der Waals surface area contributed by atoms with E-state index < -0.39 is 33.6 Å². The quantitative estimate of drug-likeness (QED) is 0.302. The predicted octanol–water partition coefficient (Wildman–Crippen LogP) is 4.66. The SMILES string of the molecule is CC(C)Cn1c(C=Cc2cnn(Cc3ccccc3C(F)(F)F)c2)c([N+](=O)[O-])c(=O)n(CC(C)C)c1=O. The predicted molar refractivity (Wildman–Crippen MR) is 133 cm³/mol. The highest BCUT2D eigenvalue weighted by Gasteiger charge is 2.33. The molecule has 1 aromatic carbocycles. The Morgan fingerprint density at radius 3 is 2.24 bits per heavy atom. The molecule has 9 nitrogen and oxygen atoms in total. The summed E-state index contributed by atoms with van der Waals surface area (Å²) < 4.78 is 43.3. The number of halogens is 3. The molecule has 0 saturated heterocycles. The van der Waals surface area contributed by atoms with Crippen LogP contribution >= 0.6 is 0 Å². The van der Waals surface area contributed by atoms with Gasteiger partial charge in [-0.05, 0) is 35.6 Å². The molecule has 0 radical (unpaired) electrons. The molecule has 2 aromatic heterocycles. The Hall–Kier alpha value is -3.96. The highest BCUT2D eigenvalue weighted by Crippen LogP contribution is 2.32. The highest BCUT2D eigenvalue weighted by molar-refractivity contribution is 5.71. The van der Waals surface area contributed by atoms with Crippen molar-refractivity contribution in [2.75, 3.05) is 0 Å². The molecule has 0 fully saturated rings. The molecule has 0 unspecified atom stereocenters. The Morgan fingerprint density at radius 2 is 1.65 bits per heavy atom. The first-order chi connectivity index (χ1) is 17.3. The van der Waals surface area contributed by atoms with Crippen molar-refractivity contribution in [1.29, 1.82) is 0 Å². The Morgan fingerprint density at radius 1 is 1.03 bits per heavy atom.